The predicted octanol–water partition coefficient (Wildman–Crippen LogP) is 3.38. The number of aliphatic hydroxyl groups is 1. The maximum atomic E-state index is 9.84. The summed E-state index contributed by atoms with van der Waals surface area (Å²) < 4.78 is 4.91. The van der Waals surface area contributed by atoms with Crippen molar-refractivity contribution in [2.45, 2.75) is 91.6 Å². The fourth-order valence-corrected chi connectivity index (χ4v) is 3.64. The van der Waals surface area contributed by atoms with Gasteiger partial charge in [0.05, 0.1) is 18.6 Å². The lowest BCUT2D eigenvalue weighted by Gasteiger charge is -2.40. The van der Waals surface area contributed by atoms with E-state index in [1.165, 1.54) is 0 Å². The molecule has 0 fully saturated rings. The second-order valence-corrected chi connectivity index (χ2v) is 7.53. The average molecular weight is 301 g/mol. The monoisotopic (exact) mass is 301 g/mol. The number of nitrogens with zero attached hydrogens (tertiary/aromatic N) is 3. The van der Waals surface area contributed by atoms with Gasteiger partial charge in [0, 0.05) is 33.0 Å². The van der Waals surface area contributed by atoms with Crippen molar-refractivity contribution in [2.75, 3.05) is 0 Å². The molecule has 0 saturated heterocycles. The summed E-state index contributed by atoms with van der Waals surface area (Å²) >= 11 is 0. The van der Waals surface area contributed by atoms with E-state index >= 15 is 0 Å². The first-order valence-corrected chi connectivity index (χ1v) is 8.48. The number of hydrogen-bond donors (Lipinski definition) is 1. The summed E-state index contributed by atoms with van der Waals surface area (Å²) in [6.07, 6.45) is 0.354. The Morgan fingerprint density at radius 2 is 1.40 bits per heavy atom. The molecule has 0 spiro atoms. The predicted molar refractivity (Wildman–Crippen MR) is 87.7 cm³/mol. The molecule has 4 nitrogen and oxygen atoms in total. The van der Waals surface area contributed by atoms with Crippen LogP contribution in [-0.2, 0) is 0 Å². The van der Waals surface area contributed by atoms with Gasteiger partial charge in [-0.05, 0) is 54.9 Å². The summed E-state index contributed by atoms with van der Waals surface area (Å²) in [6.45, 7) is 15.4. The van der Waals surface area contributed by atoms with E-state index in [4.69, 9.17) is 5.26 Å². The van der Waals surface area contributed by atoms with Gasteiger partial charge >= 0.3 is 0 Å². The minimum atomic E-state index is -0.521. The molecule has 0 aliphatic carbocycles. The van der Waals surface area contributed by atoms with Gasteiger partial charge in [0.25, 0.3) is 0 Å². The summed E-state index contributed by atoms with van der Waals surface area (Å²) in [5, 5.41) is 18.5. The Morgan fingerprint density at radius 3 is 1.75 bits per heavy atom. The van der Waals surface area contributed by atoms with Gasteiger partial charge in [0.15, 0.2) is 0 Å². The van der Waals surface area contributed by atoms with Gasteiger partial charge in [-0.1, -0.05) is 0 Å². The topological polar surface area (TPSA) is 50.5 Å². The SMILES string of the molecule is CC(C)N(PN(C(C)C)C(C)CC(O)CC#N)C(C)C. The zero-order valence-corrected chi connectivity index (χ0v) is 15.1. The molecule has 0 aromatic rings. The highest BCUT2D eigenvalue weighted by Crippen LogP contribution is 2.34. The van der Waals surface area contributed by atoms with Gasteiger partial charge < -0.3 is 5.11 Å². The Morgan fingerprint density at radius 1 is 0.950 bits per heavy atom. The van der Waals surface area contributed by atoms with E-state index in [1.54, 1.807) is 0 Å². The molecule has 0 aromatic carbocycles. The lowest BCUT2D eigenvalue weighted by atomic mass is 10.1. The molecule has 0 bridgehead atoms. The highest BCUT2D eigenvalue weighted by Gasteiger charge is 2.24. The molecule has 118 valence electrons. The maximum Gasteiger partial charge on any atom is 0.0685 e. The van der Waals surface area contributed by atoms with Crippen molar-refractivity contribution >= 4 is 8.88 Å². The minimum absolute atomic E-state index is 0.220. The number of aliphatic hydroxyl groups excluding tert-OH is 1. The van der Waals surface area contributed by atoms with E-state index in [0.717, 1.165) is 0 Å². The molecule has 0 saturated carbocycles. The summed E-state index contributed by atoms with van der Waals surface area (Å²) in [5.74, 6) is 0. The highest BCUT2D eigenvalue weighted by molar-refractivity contribution is 7.32. The van der Waals surface area contributed by atoms with E-state index < -0.39 is 6.10 Å². The zero-order chi connectivity index (χ0) is 15.9. The maximum absolute atomic E-state index is 9.84. The van der Waals surface area contributed by atoms with Crippen LogP contribution in [0.5, 0.6) is 0 Å². The van der Waals surface area contributed by atoms with E-state index in [2.05, 4.69) is 57.8 Å². The fourth-order valence-electron chi connectivity index (χ4n) is 2.38. The Balaban J connectivity index is 4.75. The standard InChI is InChI=1S/C15H32N3OP/c1-11(2)17(12(3)4)20-18(13(5)6)14(7)10-15(19)8-9-16/h11-15,19-20H,8,10H2,1-7H3. The van der Waals surface area contributed by atoms with Crippen LogP contribution in [0, 0.1) is 11.3 Å². The Labute approximate surface area is 127 Å². The van der Waals surface area contributed by atoms with Crippen LogP contribution in [0.25, 0.3) is 0 Å². The van der Waals surface area contributed by atoms with Crippen LogP contribution in [0.2, 0.25) is 0 Å². The van der Waals surface area contributed by atoms with Crippen LogP contribution in [0.3, 0.4) is 0 Å². The molecule has 5 heteroatoms. The van der Waals surface area contributed by atoms with Crippen molar-refractivity contribution in [1.29, 1.82) is 5.26 Å². The number of hydrogen-bond acceptors (Lipinski definition) is 4. The van der Waals surface area contributed by atoms with Crippen molar-refractivity contribution in [3.05, 3.63) is 0 Å². The molecule has 0 aromatic heterocycles. The molecule has 0 rings (SSSR count). The van der Waals surface area contributed by atoms with Gasteiger partial charge in [-0.15, -0.1) is 0 Å². The van der Waals surface area contributed by atoms with E-state index in [0.29, 0.717) is 33.4 Å². The molecular weight excluding hydrogens is 269 g/mol. The molecule has 0 amide bonds. The van der Waals surface area contributed by atoms with Crippen LogP contribution >= 0.6 is 8.88 Å². The first-order chi connectivity index (χ1) is 9.20. The molecule has 20 heavy (non-hydrogen) atoms. The van der Waals surface area contributed by atoms with Crippen molar-refractivity contribution in [2.24, 2.45) is 0 Å². The van der Waals surface area contributed by atoms with Crippen molar-refractivity contribution in [1.82, 2.24) is 9.34 Å². The number of nitriles is 1. The lowest BCUT2D eigenvalue weighted by molar-refractivity contribution is 0.132. The minimum Gasteiger partial charge on any atom is -0.392 e. The largest absolute Gasteiger partial charge is 0.392 e. The lowest BCUT2D eigenvalue weighted by Crippen LogP contribution is -2.40. The van der Waals surface area contributed by atoms with Crippen LogP contribution < -0.4 is 0 Å². The molecule has 0 radical (unpaired) electrons. The van der Waals surface area contributed by atoms with Crippen molar-refractivity contribution < 1.29 is 5.11 Å². The van der Waals surface area contributed by atoms with Crippen molar-refractivity contribution in [3.63, 3.8) is 0 Å². The van der Waals surface area contributed by atoms with Crippen LogP contribution in [-0.4, -0.2) is 44.7 Å². The quantitative estimate of drug-likeness (QED) is 0.663. The van der Waals surface area contributed by atoms with Crippen molar-refractivity contribution in [3.8, 4) is 6.07 Å². The van der Waals surface area contributed by atoms with Crippen LogP contribution in [0.15, 0.2) is 0 Å². The third kappa shape index (κ3) is 6.99. The van der Waals surface area contributed by atoms with Crippen LogP contribution in [0.4, 0.5) is 0 Å². The summed E-state index contributed by atoms with van der Waals surface area (Å²) in [5.41, 5.74) is 0. The fraction of sp³-hybridized carbons (Fsp3) is 0.933. The van der Waals surface area contributed by atoms with E-state index in [9.17, 15) is 5.11 Å². The van der Waals surface area contributed by atoms with E-state index in [-0.39, 0.29) is 12.5 Å². The Kier molecular flexibility index (Phi) is 9.59. The van der Waals surface area contributed by atoms with Crippen LogP contribution in [0.1, 0.15) is 61.3 Å². The van der Waals surface area contributed by atoms with Gasteiger partial charge in [0.1, 0.15) is 0 Å². The normalized spacial score (nSPS) is 16.0. The molecular formula is C15H32N3OP. The third-order valence-corrected chi connectivity index (χ3v) is 5.77. The molecule has 0 heterocycles. The first kappa shape index (κ1) is 19.8. The summed E-state index contributed by atoms with van der Waals surface area (Å²) in [6, 6.07) is 3.76. The summed E-state index contributed by atoms with van der Waals surface area (Å²) in [4.78, 5) is 0. The third-order valence-electron chi connectivity index (χ3n) is 3.31. The second kappa shape index (κ2) is 9.68. The highest BCUT2D eigenvalue weighted by atomic mass is 31.1. The average Bonchev–Trinajstić information content (AvgIpc) is 2.27. The molecule has 1 N–H and O–H groups in total. The number of rotatable bonds is 9. The van der Waals surface area contributed by atoms with Gasteiger partial charge in [-0.3, -0.25) is 9.34 Å². The molecule has 3 unspecified atom stereocenters. The van der Waals surface area contributed by atoms with Gasteiger partial charge in [-0.2, -0.15) is 5.26 Å². The Bertz CT molecular complexity index is 294. The Hall–Kier alpha value is -0.200. The first-order valence-electron chi connectivity index (χ1n) is 7.58. The molecule has 0 aliphatic rings. The smallest absolute Gasteiger partial charge is 0.0685 e. The van der Waals surface area contributed by atoms with E-state index in [1.807, 2.05) is 6.07 Å². The summed E-state index contributed by atoms with van der Waals surface area (Å²) in [7, 11) is 0.610. The molecule has 0 aliphatic heterocycles. The van der Waals surface area contributed by atoms with Gasteiger partial charge in [0.2, 0.25) is 0 Å². The zero-order valence-electron chi connectivity index (χ0n) is 14.1. The van der Waals surface area contributed by atoms with Gasteiger partial charge in [-0.25, -0.2) is 0 Å². The molecule has 3 atom stereocenters. The second-order valence-electron chi connectivity index (χ2n) is 6.30.